The van der Waals surface area contributed by atoms with E-state index in [0.717, 1.165) is 32.1 Å². The van der Waals surface area contributed by atoms with Gasteiger partial charge in [0, 0.05) is 6.42 Å². The Morgan fingerprint density at radius 1 is 0.707 bits per heavy atom. The number of nitrogens with one attached hydrogen (secondary N) is 1. The summed E-state index contributed by atoms with van der Waals surface area (Å²) in [6.45, 7) is 3.15. The summed E-state index contributed by atoms with van der Waals surface area (Å²) in [4.78, 5) is 13.0. The number of ether oxygens (including phenoxy) is 2. The van der Waals surface area contributed by atoms with Crippen molar-refractivity contribution in [3.63, 3.8) is 0 Å². The zero-order chi connectivity index (χ0) is 42.9. The maximum absolute atomic E-state index is 13.0. The van der Waals surface area contributed by atoms with E-state index < -0.39 is 78.5 Å². The summed E-state index contributed by atoms with van der Waals surface area (Å²) in [5.41, 5.74) is 0. The largest absolute Gasteiger partial charge is 0.397 e. The third-order valence-electron chi connectivity index (χ3n) is 10.5. The van der Waals surface area contributed by atoms with Crippen LogP contribution in [0.2, 0.25) is 0 Å². The van der Waals surface area contributed by atoms with Gasteiger partial charge in [-0.25, -0.2) is 4.18 Å². The summed E-state index contributed by atoms with van der Waals surface area (Å²) >= 11 is 0. The van der Waals surface area contributed by atoms with E-state index in [1.165, 1.54) is 115 Å². The van der Waals surface area contributed by atoms with Crippen molar-refractivity contribution in [3.05, 3.63) is 36.5 Å². The van der Waals surface area contributed by atoms with Crippen molar-refractivity contribution in [1.82, 2.24) is 5.32 Å². The molecule has 8 unspecified atom stereocenters. The molecule has 13 nitrogen and oxygen atoms in total. The van der Waals surface area contributed by atoms with Gasteiger partial charge in [0.2, 0.25) is 5.91 Å². The number of unbranched alkanes of at least 4 members (excludes halogenated alkanes) is 21. The summed E-state index contributed by atoms with van der Waals surface area (Å²) in [6, 6.07) is -1.15. The van der Waals surface area contributed by atoms with E-state index in [-0.39, 0.29) is 6.42 Å². The predicted octanol–water partition coefficient (Wildman–Crippen LogP) is 7.30. The third-order valence-corrected chi connectivity index (χ3v) is 11.0. The Morgan fingerprint density at radius 2 is 1.19 bits per heavy atom. The fraction of sp³-hybridized carbons (Fsp3) is 0.841. The molecule has 14 heteroatoms. The summed E-state index contributed by atoms with van der Waals surface area (Å²) in [5.74, 6) is -0.770. The van der Waals surface area contributed by atoms with Crippen molar-refractivity contribution in [3.8, 4) is 0 Å². The minimum Gasteiger partial charge on any atom is -0.394 e. The second kappa shape index (κ2) is 34.9. The highest BCUT2D eigenvalue weighted by Gasteiger charge is 2.48. The van der Waals surface area contributed by atoms with Crippen LogP contribution in [0, 0.1) is 0 Å². The molecule has 0 aromatic heterocycles. The maximum Gasteiger partial charge on any atom is 0.397 e. The lowest BCUT2D eigenvalue weighted by atomic mass is 9.99. The molecule has 0 spiro atoms. The first-order chi connectivity index (χ1) is 27.9. The smallest absolute Gasteiger partial charge is 0.394 e. The van der Waals surface area contributed by atoms with Crippen LogP contribution >= 0.6 is 0 Å². The Hall–Kier alpha value is -1.72. The topological polar surface area (TPSA) is 212 Å². The molecule has 7 N–H and O–H groups in total. The fourth-order valence-corrected chi connectivity index (χ4v) is 7.42. The molecule has 1 fully saturated rings. The SMILES string of the molecule is CCCCCCCC/C=C\C/C=C\CC(O)C(=O)NC(COC1OC(CO)C(O)C(OS(=O)(=O)O)C1O)C(O)/C=C/CCCCCCCCCCCCCCCCC. The van der Waals surface area contributed by atoms with Crippen LogP contribution in [0.3, 0.4) is 0 Å². The summed E-state index contributed by atoms with van der Waals surface area (Å²) < 4.78 is 47.4. The van der Waals surface area contributed by atoms with Crippen LogP contribution < -0.4 is 5.32 Å². The molecule has 1 saturated heterocycles. The number of hydrogen-bond donors (Lipinski definition) is 7. The molecular formula is C44H81NO12S. The molecule has 8 atom stereocenters. The van der Waals surface area contributed by atoms with Crippen LogP contribution in [0.15, 0.2) is 36.5 Å². The normalized spacial score (nSPS) is 22.0. The van der Waals surface area contributed by atoms with Gasteiger partial charge in [0.15, 0.2) is 6.29 Å². The van der Waals surface area contributed by atoms with Gasteiger partial charge in [-0.05, 0) is 32.1 Å². The Bertz CT molecular complexity index is 1200. The van der Waals surface area contributed by atoms with Crippen LogP contribution in [0.5, 0.6) is 0 Å². The molecule has 0 aromatic carbocycles. The van der Waals surface area contributed by atoms with E-state index in [1.807, 2.05) is 12.2 Å². The van der Waals surface area contributed by atoms with Crippen molar-refractivity contribution in [2.24, 2.45) is 0 Å². The van der Waals surface area contributed by atoms with Gasteiger partial charge in [-0.1, -0.05) is 172 Å². The van der Waals surface area contributed by atoms with Gasteiger partial charge in [0.05, 0.1) is 25.4 Å². The molecule has 1 aliphatic heterocycles. The third kappa shape index (κ3) is 27.2. The molecule has 1 heterocycles. The quantitative estimate of drug-likeness (QED) is 0.0187. The number of carbonyl (C=O) groups is 1. The molecule has 58 heavy (non-hydrogen) atoms. The minimum atomic E-state index is -5.12. The molecule has 1 aliphatic rings. The monoisotopic (exact) mass is 848 g/mol. The number of carbonyl (C=O) groups excluding carboxylic acids is 1. The highest BCUT2D eigenvalue weighted by molar-refractivity contribution is 7.80. The van der Waals surface area contributed by atoms with Crippen LogP contribution in [0.4, 0.5) is 0 Å². The molecule has 0 aliphatic carbocycles. The van der Waals surface area contributed by atoms with E-state index in [2.05, 4.69) is 35.5 Å². The van der Waals surface area contributed by atoms with E-state index in [9.17, 15) is 38.7 Å². The van der Waals surface area contributed by atoms with E-state index in [0.29, 0.717) is 12.8 Å². The average Bonchev–Trinajstić information content (AvgIpc) is 3.19. The van der Waals surface area contributed by atoms with Gasteiger partial charge in [-0.3, -0.25) is 9.35 Å². The number of hydrogen-bond acceptors (Lipinski definition) is 11. The molecule has 340 valence electrons. The molecule has 0 bridgehead atoms. The Morgan fingerprint density at radius 3 is 1.69 bits per heavy atom. The van der Waals surface area contributed by atoms with Gasteiger partial charge in [0.1, 0.15) is 30.5 Å². The lowest BCUT2D eigenvalue weighted by Crippen LogP contribution is -2.61. The highest BCUT2D eigenvalue weighted by atomic mass is 32.3. The first-order valence-electron chi connectivity index (χ1n) is 22.5. The molecule has 0 aromatic rings. The van der Waals surface area contributed by atoms with Crippen LogP contribution in [0.25, 0.3) is 0 Å². The summed E-state index contributed by atoms with van der Waals surface area (Å²) in [5, 5.41) is 55.0. The average molecular weight is 848 g/mol. The number of aliphatic hydroxyl groups excluding tert-OH is 5. The standard InChI is InChI=1S/C44H81NO12S/c1-3-5-7-9-11-13-15-17-18-19-20-21-23-24-26-28-30-32-37(47)36(35-55-44-41(50)42(57-58(52,53)54)40(49)39(34-46)56-44)45-43(51)38(48)33-31-29-27-25-22-16-14-12-10-8-6-4-2/h22,25,29-32,36-42,44,46-50H,3-21,23-24,26-28,33-35H2,1-2H3,(H,45,51)(H,52,53,54)/b25-22-,31-29-,32-30+. The number of rotatable bonds is 37. The van der Waals surface area contributed by atoms with Crippen molar-refractivity contribution >= 4 is 16.3 Å². The molecule has 1 rings (SSSR count). The maximum atomic E-state index is 13.0. The molecular weight excluding hydrogens is 767 g/mol. The number of allylic oxidation sites excluding steroid dienone is 4. The van der Waals surface area contributed by atoms with Crippen LogP contribution in [-0.4, -0.2) is 107 Å². The van der Waals surface area contributed by atoms with E-state index in [1.54, 1.807) is 6.08 Å². The van der Waals surface area contributed by atoms with Gasteiger partial charge < -0.3 is 40.3 Å². The number of amides is 1. The minimum absolute atomic E-state index is 0.0327. The summed E-state index contributed by atoms with van der Waals surface area (Å²) in [6.07, 6.45) is 28.2. The zero-order valence-electron chi connectivity index (χ0n) is 35.7. The second-order valence-electron chi connectivity index (χ2n) is 15.8. The number of aliphatic hydroxyl groups is 5. The molecule has 0 radical (unpaired) electrons. The highest BCUT2D eigenvalue weighted by Crippen LogP contribution is 2.26. The first-order valence-corrected chi connectivity index (χ1v) is 23.8. The van der Waals surface area contributed by atoms with Gasteiger partial charge in [0.25, 0.3) is 0 Å². The van der Waals surface area contributed by atoms with Crippen molar-refractivity contribution < 1.29 is 57.0 Å². The van der Waals surface area contributed by atoms with Crippen LogP contribution in [-0.2, 0) is 28.9 Å². The first kappa shape index (κ1) is 54.3. The van der Waals surface area contributed by atoms with E-state index in [4.69, 9.17) is 14.0 Å². The van der Waals surface area contributed by atoms with Gasteiger partial charge in [-0.15, -0.1) is 0 Å². The predicted molar refractivity (Wildman–Crippen MR) is 228 cm³/mol. The van der Waals surface area contributed by atoms with Gasteiger partial charge >= 0.3 is 10.4 Å². The lowest BCUT2D eigenvalue weighted by Gasteiger charge is -2.41. The van der Waals surface area contributed by atoms with Crippen LogP contribution in [0.1, 0.15) is 174 Å². The Kier molecular flexibility index (Phi) is 32.7. The van der Waals surface area contributed by atoms with E-state index >= 15 is 0 Å². The lowest BCUT2D eigenvalue weighted by molar-refractivity contribution is -0.298. The zero-order valence-corrected chi connectivity index (χ0v) is 36.5. The van der Waals surface area contributed by atoms with Crippen molar-refractivity contribution in [2.75, 3.05) is 13.2 Å². The molecule has 0 saturated carbocycles. The summed E-state index contributed by atoms with van der Waals surface area (Å²) in [7, 11) is -5.12. The Balaban J connectivity index is 2.65. The Labute approximate surface area is 350 Å². The van der Waals surface area contributed by atoms with Crippen molar-refractivity contribution in [2.45, 2.75) is 223 Å². The fourth-order valence-electron chi connectivity index (χ4n) is 6.91. The van der Waals surface area contributed by atoms with Crippen molar-refractivity contribution in [1.29, 1.82) is 0 Å². The second-order valence-corrected chi connectivity index (χ2v) is 16.8. The van der Waals surface area contributed by atoms with Gasteiger partial charge in [-0.2, -0.15) is 8.42 Å². The molecule has 1 amide bonds.